The molecule has 2 N–H and O–H groups in total. The van der Waals surface area contributed by atoms with E-state index in [1.165, 1.54) is 14.0 Å². The first-order valence-electron chi connectivity index (χ1n) is 4.84. The molecular formula is C9H17N3O4. The zero-order chi connectivity index (χ0) is 12.6. The molecule has 0 aliphatic heterocycles. The zero-order valence-corrected chi connectivity index (χ0v) is 9.70. The SMILES string of the molecule is CCN(CC(=O)NNC(C)=O)CC(=O)OC. The fraction of sp³-hybridized carbons (Fsp3) is 0.667. The number of nitrogens with one attached hydrogen (secondary N) is 2. The predicted octanol–water partition coefficient (Wildman–Crippen LogP) is -1.35. The van der Waals surface area contributed by atoms with E-state index in [9.17, 15) is 14.4 Å². The lowest BCUT2D eigenvalue weighted by Gasteiger charge is -2.18. The molecule has 0 aromatic rings. The number of carbonyl (C=O) groups is 3. The first-order chi connectivity index (χ1) is 7.49. The maximum Gasteiger partial charge on any atom is 0.319 e. The minimum atomic E-state index is -0.408. The standard InChI is InChI=1S/C9H17N3O4/c1-4-12(6-9(15)16-3)5-8(14)11-10-7(2)13/h4-6H2,1-3H3,(H,10,13)(H,11,14). The molecule has 0 heterocycles. The Kier molecular flexibility index (Phi) is 6.86. The van der Waals surface area contributed by atoms with E-state index in [2.05, 4.69) is 15.6 Å². The Labute approximate surface area is 94.1 Å². The van der Waals surface area contributed by atoms with Crippen LogP contribution < -0.4 is 10.9 Å². The molecule has 0 aliphatic rings. The second kappa shape index (κ2) is 7.63. The summed E-state index contributed by atoms with van der Waals surface area (Å²) >= 11 is 0. The number of amides is 2. The number of nitrogens with zero attached hydrogens (tertiary/aromatic N) is 1. The van der Waals surface area contributed by atoms with Gasteiger partial charge in [0.2, 0.25) is 5.91 Å². The molecule has 2 amide bonds. The van der Waals surface area contributed by atoms with Crippen LogP contribution in [0.3, 0.4) is 0 Å². The van der Waals surface area contributed by atoms with Gasteiger partial charge in [-0.2, -0.15) is 0 Å². The van der Waals surface area contributed by atoms with E-state index in [0.717, 1.165) is 0 Å². The third-order valence-electron chi connectivity index (χ3n) is 1.77. The van der Waals surface area contributed by atoms with E-state index < -0.39 is 5.97 Å². The van der Waals surface area contributed by atoms with Gasteiger partial charge in [-0.3, -0.25) is 30.1 Å². The molecular weight excluding hydrogens is 214 g/mol. The van der Waals surface area contributed by atoms with Crippen LogP contribution >= 0.6 is 0 Å². The molecule has 0 saturated carbocycles. The van der Waals surface area contributed by atoms with Crippen molar-refractivity contribution in [2.24, 2.45) is 0 Å². The zero-order valence-electron chi connectivity index (χ0n) is 9.70. The molecule has 0 fully saturated rings. The number of rotatable bonds is 5. The van der Waals surface area contributed by atoms with Gasteiger partial charge in [-0.05, 0) is 6.54 Å². The quantitative estimate of drug-likeness (QED) is 0.451. The Bertz CT molecular complexity index is 267. The minimum Gasteiger partial charge on any atom is -0.468 e. The molecule has 7 nitrogen and oxygen atoms in total. The highest BCUT2D eigenvalue weighted by atomic mass is 16.5. The maximum absolute atomic E-state index is 11.3. The van der Waals surface area contributed by atoms with Crippen molar-refractivity contribution in [3.8, 4) is 0 Å². The summed E-state index contributed by atoms with van der Waals surface area (Å²) in [7, 11) is 1.29. The van der Waals surface area contributed by atoms with Crippen molar-refractivity contribution in [2.75, 3.05) is 26.7 Å². The largest absolute Gasteiger partial charge is 0.468 e. The lowest BCUT2D eigenvalue weighted by Crippen LogP contribution is -2.46. The van der Waals surface area contributed by atoms with Crippen molar-refractivity contribution in [3.63, 3.8) is 0 Å². The Morgan fingerprint density at radius 3 is 2.25 bits per heavy atom. The summed E-state index contributed by atoms with van der Waals surface area (Å²) in [4.78, 5) is 34.3. The van der Waals surface area contributed by atoms with Gasteiger partial charge in [-0.15, -0.1) is 0 Å². The first kappa shape index (κ1) is 14.4. The van der Waals surface area contributed by atoms with E-state index in [0.29, 0.717) is 6.54 Å². The molecule has 0 aromatic heterocycles. The highest BCUT2D eigenvalue weighted by Crippen LogP contribution is 1.88. The second-order valence-electron chi connectivity index (χ2n) is 3.11. The number of hydrogen-bond acceptors (Lipinski definition) is 5. The van der Waals surface area contributed by atoms with Crippen LogP contribution in [0.2, 0.25) is 0 Å². The van der Waals surface area contributed by atoms with Gasteiger partial charge in [-0.1, -0.05) is 6.92 Å². The van der Waals surface area contributed by atoms with E-state index >= 15 is 0 Å². The van der Waals surface area contributed by atoms with Gasteiger partial charge < -0.3 is 4.74 Å². The Hall–Kier alpha value is -1.63. The average molecular weight is 231 g/mol. The second-order valence-corrected chi connectivity index (χ2v) is 3.11. The van der Waals surface area contributed by atoms with Crippen LogP contribution in [0.1, 0.15) is 13.8 Å². The monoisotopic (exact) mass is 231 g/mol. The van der Waals surface area contributed by atoms with E-state index in [-0.39, 0.29) is 24.9 Å². The van der Waals surface area contributed by atoms with Gasteiger partial charge in [0.1, 0.15) is 0 Å². The summed E-state index contributed by atoms with van der Waals surface area (Å²) in [6.45, 7) is 3.69. The summed E-state index contributed by atoms with van der Waals surface area (Å²) in [5.41, 5.74) is 4.37. The topological polar surface area (TPSA) is 87.7 Å². The number of ether oxygens (including phenoxy) is 1. The molecule has 7 heteroatoms. The van der Waals surface area contributed by atoms with Crippen LogP contribution in [0, 0.1) is 0 Å². The molecule has 0 radical (unpaired) electrons. The van der Waals surface area contributed by atoms with Crippen molar-refractivity contribution in [1.29, 1.82) is 0 Å². The van der Waals surface area contributed by atoms with Crippen LogP contribution in [0.15, 0.2) is 0 Å². The summed E-state index contributed by atoms with van der Waals surface area (Å²) in [5.74, 6) is -1.15. The lowest BCUT2D eigenvalue weighted by molar-refractivity contribution is -0.142. The van der Waals surface area contributed by atoms with E-state index in [1.54, 1.807) is 4.90 Å². The molecule has 0 aromatic carbocycles. The first-order valence-corrected chi connectivity index (χ1v) is 4.84. The number of carbonyl (C=O) groups excluding carboxylic acids is 3. The highest BCUT2D eigenvalue weighted by molar-refractivity contribution is 5.82. The third kappa shape index (κ3) is 6.77. The number of esters is 1. The third-order valence-corrected chi connectivity index (χ3v) is 1.77. The van der Waals surface area contributed by atoms with Crippen molar-refractivity contribution >= 4 is 17.8 Å². The Balaban J connectivity index is 3.96. The lowest BCUT2D eigenvalue weighted by atomic mass is 10.4. The van der Waals surface area contributed by atoms with Gasteiger partial charge in [0, 0.05) is 6.92 Å². The van der Waals surface area contributed by atoms with Crippen LogP contribution in [0.5, 0.6) is 0 Å². The van der Waals surface area contributed by atoms with Gasteiger partial charge in [0.25, 0.3) is 5.91 Å². The highest BCUT2D eigenvalue weighted by Gasteiger charge is 2.12. The molecule has 16 heavy (non-hydrogen) atoms. The Morgan fingerprint density at radius 2 is 1.81 bits per heavy atom. The van der Waals surface area contributed by atoms with Gasteiger partial charge >= 0.3 is 5.97 Å². The number of likely N-dealkylation sites (N-methyl/N-ethyl adjacent to an activating group) is 1. The van der Waals surface area contributed by atoms with Crippen LogP contribution in [0.4, 0.5) is 0 Å². The van der Waals surface area contributed by atoms with E-state index in [1.807, 2.05) is 6.92 Å². The summed E-state index contributed by atoms with van der Waals surface area (Å²) in [6.07, 6.45) is 0. The fourth-order valence-corrected chi connectivity index (χ4v) is 0.927. The van der Waals surface area contributed by atoms with Gasteiger partial charge in [0.15, 0.2) is 0 Å². The van der Waals surface area contributed by atoms with E-state index in [4.69, 9.17) is 0 Å². The molecule has 0 rings (SSSR count). The molecule has 0 atom stereocenters. The molecule has 0 bridgehead atoms. The minimum absolute atomic E-state index is 0.0197. The van der Waals surface area contributed by atoms with Crippen LogP contribution in [0.25, 0.3) is 0 Å². The maximum atomic E-state index is 11.3. The van der Waals surface area contributed by atoms with Crippen LogP contribution in [-0.2, 0) is 19.1 Å². The molecule has 0 saturated heterocycles. The average Bonchev–Trinajstić information content (AvgIpc) is 2.25. The summed E-state index contributed by atoms with van der Waals surface area (Å²) < 4.78 is 4.48. The molecule has 92 valence electrons. The fourth-order valence-electron chi connectivity index (χ4n) is 0.927. The number of hydrogen-bond donors (Lipinski definition) is 2. The van der Waals surface area contributed by atoms with Gasteiger partial charge in [0.05, 0.1) is 20.2 Å². The Morgan fingerprint density at radius 1 is 1.19 bits per heavy atom. The van der Waals surface area contributed by atoms with Crippen molar-refractivity contribution < 1.29 is 19.1 Å². The number of hydrazine groups is 1. The summed E-state index contributed by atoms with van der Waals surface area (Å²) in [5, 5.41) is 0. The normalized spacial score (nSPS) is 9.75. The van der Waals surface area contributed by atoms with Crippen molar-refractivity contribution in [1.82, 2.24) is 15.8 Å². The van der Waals surface area contributed by atoms with Crippen molar-refractivity contribution in [2.45, 2.75) is 13.8 Å². The molecule has 0 spiro atoms. The van der Waals surface area contributed by atoms with Crippen molar-refractivity contribution in [3.05, 3.63) is 0 Å². The smallest absolute Gasteiger partial charge is 0.319 e. The van der Waals surface area contributed by atoms with Gasteiger partial charge in [-0.25, -0.2) is 0 Å². The van der Waals surface area contributed by atoms with Crippen LogP contribution in [-0.4, -0.2) is 49.4 Å². The molecule has 0 unspecified atom stereocenters. The predicted molar refractivity (Wildman–Crippen MR) is 56.1 cm³/mol. The molecule has 0 aliphatic carbocycles. The number of methoxy groups -OCH3 is 1. The summed E-state index contributed by atoms with van der Waals surface area (Å²) in [6, 6.07) is 0.